The van der Waals surface area contributed by atoms with Gasteiger partial charge in [0.15, 0.2) is 5.54 Å². The molecule has 0 radical (unpaired) electrons. The standard InChI is InChI=1S/C43H40N6O3.Li/c1-4-16-37-44-39(42(2,3)52)38(41(50)51)48(37)29-30-25-27-31(28-26-30)35-23-14-15-24-36(35)40-45-47-49(46-40)43(32-17-8-5-9-18-32,33-19-10-6-11-20-33)34-21-12-7-13-22-34;/h5-15,17-28,52H,4,16,29H2,1-3H3,(H,50,51);/q;+1/p-1. The minimum Gasteiger partial charge on any atom is -0.543 e. The first-order chi connectivity index (χ1) is 25.2. The number of hydrogen-bond acceptors (Lipinski definition) is 7. The summed E-state index contributed by atoms with van der Waals surface area (Å²) in [6.07, 6.45) is 1.34. The topological polar surface area (TPSA) is 122 Å². The van der Waals surface area contributed by atoms with E-state index in [0.29, 0.717) is 18.1 Å². The van der Waals surface area contributed by atoms with Crippen LogP contribution in [0.1, 0.15) is 71.5 Å². The minimum atomic E-state index is -1.43. The number of carbonyl (C=O) groups excluding carboxylic acids is 1. The molecule has 0 fully saturated rings. The monoisotopic (exact) mass is 694 g/mol. The number of nitrogens with zero attached hydrogens (tertiary/aromatic N) is 6. The van der Waals surface area contributed by atoms with Gasteiger partial charge in [-0.3, -0.25) is 0 Å². The number of carbonyl (C=O) groups is 1. The number of aromatic carboxylic acids is 1. The van der Waals surface area contributed by atoms with E-state index in [4.69, 9.17) is 10.3 Å². The van der Waals surface area contributed by atoms with Crippen LogP contribution in [0.3, 0.4) is 0 Å². The van der Waals surface area contributed by atoms with Gasteiger partial charge in [-0.15, -0.1) is 15.0 Å². The second-order valence-electron chi connectivity index (χ2n) is 13.4. The normalized spacial score (nSPS) is 11.6. The average molecular weight is 695 g/mol. The Bertz CT molecular complexity index is 2200. The van der Waals surface area contributed by atoms with E-state index in [1.165, 1.54) is 13.8 Å². The van der Waals surface area contributed by atoms with Gasteiger partial charge in [0.25, 0.3) is 0 Å². The van der Waals surface area contributed by atoms with Crippen LogP contribution in [0.4, 0.5) is 0 Å². The minimum absolute atomic E-state index is 0. The molecule has 2 heterocycles. The Hall–Kier alpha value is -5.59. The van der Waals surface area contributed by atoms with Crippen LogP contribution in [0.5, 0.6) is 0 Å². The zero-order chi connectivity index (χ0) is 36.3. The molecule has 1 N–H and O–H groups in total. The van der Waals surface area contributed by atoms with Crippen molar-refractivity contribution in [3.63, 3.8) is 0 Å². The number of tetrazole rings is 1. The van der Waals surface area contributed by atoms with E-state index in [9.17, 15) is 15.0 Å². The van der Waals surface area contributed by atoms with Crippen LogP contribution in [-0.4, -0.2) is 40.8 Å². The van der Waals surface area contributed by atoms with Gasteiger partial charge in [0.1, 0.15) is 11.4 Å². The third-order valence-electron chi connectivity index (χ3n) is 9.36. The van der Waals surface area contributed by atoms with Crippen LogP contribution < -0.4 is 24.0 Å². The summed E-state index contributed by atoms with van der Waals surface area (Å²) in [5.41, 5.74) is 4.22. The molecule has 10 heteroatoms. The van der Waals surface area contributed by atoms with E-state index in [-0.39, 0.29) is 36.8 Å². The van der Waals surface area contributed by atoms with E-state index in [1.807, 2.05) is 110 Å². The van der Waals surface area contributed by atoms with Crippen molar-refractivity contribution in [3.05, 3.63) is 179 Å². The van der Waals surface area contributed by atoms with E-state index in [1.54, 1.807) is 9.36 Å². The quantitative estimate of drug-likeness (QED) is 0.153. The van der Waals surface area contributed by atoms with Crippen LogP contribution in [0.25, 0.3) is 22.5 Å². The SMILES string of the molecule is CCCc1nc(C(C)(C)O)c(C(=O)[O-])n1Cc1ccc(-c2ccccc2-c2nnn(C(c3ccccc3)(c3ccccc3)c3ccccc3)n2)cc1.[Li+]. The van der Waals surface area contributed by atoms with Gasteiger partial charge in [-0.1, -0.05) is 146 Å². The molecule has 7 rings (SSSR count). The molecular weight excluding hydrogens is 655 g/mol. The van der Waals surface area contributed by atoms with Crippen molar-refractivity contribution in [2.45, 2.75) is 51.3 Å². The zero-order valence-corrected chi connectivity index (χ0v) is 30.3. The molecule has 0 aliphatic rings. The molecule has 0 atom stereocenters. The zero-order valence-electron chi connectivity index (χ0n) is 30.3. The summed E-state index contributed by atoms with van der Waals surface area (Å²) in [5, 5.41) is 37.5. The van der Waals surface area contributed by atoms with Crippen LogP contribution in [0, 0.1) is 0 Å². The Balaban J connectivity index is 0.00000481. The number of carboxylic acids is 1. The van der Waals surface area contributed by atoms with Gasteiger partial charge < -0.3 is 19.6 Å². The van der Waals surface area contributed by atoms with Crippen LogP contribution in [0.2, 0.25) is 0 Å². The molecule has 0 saturated heterocycles. The Morgan fingerprint density at radius 1 is 0.736 bits per heavy atom. The molecule has 0 aliphatic heterocycles. The fourth-order valence-corrected chi connectivity index (χ4v) is 6.97. The average Bonchev–Trinajstić information content (AvgIpc) is 3.80. The number of imidazole rings is 1. The van der Waals surface area contributed by atoms with Crippen molar-refractivity contribution < 1.29 is 33.9 Å². The van der Waals surface area contributed by atoms with Crippen molar-refractivity contribution in [2.75, 3.05) is 0 Å². The Morgan fingerprint density at radius 3 is 1.74 bits per heavy atom. The van der Waals surface area contributed by atoms with Gasteiger partial charge in [0.2, 0.25) is 5.82 Å². The summed E-state index contributed by atoms with van der Waals surface area (Å²) in [6.45, 7) is 5.34. The molecule has 7 aromatic rings. The van der Waals surface area contributed by atoms with E-state index < -0.39 is 17.1 Å². The number of aliphatic hydroxyl groups is 1. The van der Waals surface area contributed by atoms with Crippen LogP contribution >= 0.6 is 0 Å². The molecule has 2 aromatic heterocycles. The number of aromatic nitrogens is 6. The Morgan fingerprint density at radius 2 is 1.25 bits per heavy atom. The Labute approximate surface area is 321 Å². The Kier molecular flexibility index (Phi) is 10.9. The van der Waals surface area contributed by atoms with Crippen LogP contribution in [0.15, 0.2) is 140 Å². The summed E-state index contributed by atoms with van der Waals surface area (Å²) in [4.78, 5) is 18.6. The van der Waals surface area contributed by atoms with E-state index in [2.05, 4.69) is 46.5 Å². The smallest absolute Gasteiger partial charge is 0.543 e. The van der Waals surface area contributed by atoms with E-state index >= 15 is 0 Å². The van der Waals surface area contributed by atoms with Crippen molar-refractivity contribution in [1.82, 2.24) is 29.8 Å². The summed E-state index contributed by atoms with van der Waals surface area (Å²) >= 11 is 0. The molecule has 53 heavy (non-hydrogen) atoms. The second kappa shape index (κ2) is 15.6. The van der Waals surface area contributed by atoms with Crippen LogP contribution in [-0.2, 0) is 24.1 Å². The largest absolute Gasteiger partial charge is 1.00 e. The maximum Gasteiger partial charge on any atom is 1.00 e. The molecule has 9 nitrogen and oxygen atoms in total. The number of rotatable bonds is 12. The first-order valence-corrected chi connectivity index (χ1v) is 17.4. The molecule has 0 aliphatic carbocycles. The molecule has 0 amide bonds. The number of hydrogen-bond donors (Lipinski definition) is 1. The number of aryl methyl sites for hydroxylation is 1. The third kappa shape index (κ3) is 7.12. The molecule has 5 aromatic carbocycles. The van der Waals surface area contributed by atoms with Crippen molar-refractivity contribution in [1.29, 1.82) is 0 Å². The molecule has 0 unspecified atom stereocenters. The van der Waals surface area contributed by atoms with Gasteiger partial charge >= 0.3 is 18.9 Å². The fraction of sp³-hybridized carbons (Fsp3) is 0.186. The predicted molar refractivity (Wildman–Crippen MR) is 198 cm³/mol. The van der Waals surface area contributed by atoms with Gasteiger partial charge in [-0.25, -0.2) is 4.98 Å². The predicted octanol–water partition coefficient (Wildman–Crippen LogP) is 3.64. The molecule has 0 bridgehead atoms. The second-order valence-corrected chi connectivity index (χ2v) is 13.4. The van der Waals surface area contributed by atoms with E-state index in [0.717, 1.165) is 45.4 Å². The number of carboxylic acid groups (broad SMARTS) is 1. The summed E-state index contributed by atoms with van der Waals surface area (Å²) in [5.74, 6) is -0.291. The summed E-state index contributed by atoms with van der Waals surface area (Å²) in [6, 6.07) is 46.6. The third-order valence-corrected chi connectivity index (χ3v) is 9.36. The van der Waals surface area contributed by atoms with Crippen molar-refractivity contribution in [2.24, 2.45) is 0 Å². The molecular formula is C43H39LiN6O3. The molecule has 0 saturated carbocycles. The van der Waals surface area contributed by atoms with Crippen molar-refractivity contribution >= 4 is 5.97 Å². The first-order valence-electron chi connectivity index (χ1n) is 17.4. The maximum atomic E-state index is 12.3. The van der Waals surface area contributed by atoms with Gasteiger partial charge in [0.05, 0.1) is 17.4 Å². The molecule has 260 valence electrons. The number of benzene rings is 5. The van der Waals surface area contributed by atoms with Gasteiger partial charge in [0, 0.05) is 18.5 Å². The van der Waals surface area contributed by atoms with Gasteiger partial charge in [-0.2, -0.15) is 0 Å². The summed E-state index contributed by atoms with van der Waals surface area (Å²) in [7, 11) is 0. The summed E-state index contributed by atoms with van der Waals surface area (Å²) < 4.78 is 1.65. The molecule has 0 spiro atoms. The fourth-order valence-electron chi connectivity index (χ4n) is 6.97. The van der Waals surface area contributed by atoms with Crippen molar-refractivity contribution in [3.8, 4) is 22.5 Å². The van der Waals surface area contributed by atoms with Gasteiger partial charge in [-0.05, 0) is 58.9 Å². The maximum absolute atomic E-state index is 12.3. The first kappa shape index (κ1) is 37.2.